The standard InChI is InChI=1S/C6H4BrF2IN2/c7-5-4(10)2(6(8)9)1-3(11)12-5/h1,6H,(H2,11,12). The van der Waals surface area contributed by atoms with E-state index in [-0.39, 0.29) is 11.4 Å². The lowest BCUT2D eigenvalue weighted by atomic mass is 10.3. The molecule has 0 saturated heterocycles. The van der Waals surface area contributed by atoms with Gasteiger partial charge in [-0.05, 0) is 44.6 Å². The summed E-state index contributed by atoms with van der Waals surface area (Å²) in [6, 6.07) is 1.18. The number of alkyl halides is 2. The summed E-state index contributed by atoms with van der Waals surface area (Å²) in [4.78, 5) is 3.77. The van der Waals surface area contributed by atoms with E-state index >= 15 is 0 Å². The van der Waals surface area contributed by atoms with Crippen LogP contribution in [0, 0.1) is 3.57 Å². The third-order valence-corrected chi connectivity index (χ3v) is 3.65. The molecule has 12 heavy (non-hydrogen) atoms. The number of hydrogen-bond acceptors (Lipinski definition) is 2. The number of nitrogens with zero attached hydrogens (tertiary/aromatic N) is 1. The second-order valence-electron chi connectivity index (χ2n) is 2.04. The molecule has 0 saturated carbocycles. The van der Waals surface area contributed by atoms with Crippen molar-refractivity contribution in [1.82, 2.24) is 4.98 Å². The minimum atomic E-state index is -2.52. The van der Waals surface area contributed by atoms with Crippen molar-refractivity contribution in [1.29, 1.82) is 0 Å². The van der Waals surface area contributed by atoms with Crippen molar-refractivity contribution < 1.29 is 8.78 Å². The van der Waals surface area contributed by atoms with Gasteiger partial charge in [-0.15, -0.1) is 0 Å². The zero-order valence-electron chi connectivity index (χ0n) is 5.69. The normalized spacial score (nSPS) is 10.8. The van der Waals surface area contributed by atoms with Crippen molar-refractivity contribution in [2.75, 3.05) is 5.73 Å². The van der Waals surface area contributed by atoms with Crippen LogP contribution < -0.4 is 5.73 Å². The first kappa shape index (κ1) is 10.1. The Balaban J connectivity index is 3.28. The molecule has 1 aromatic heterocycles. The SMILES string of the molecule is Nc1cc(C(F)F)c(I)c(Br)n1. The highest BCUT2D eigenvalue weighted by molar-refractivity contribution is 14.1. The summed E-state index contributed by atoms with van der Waals surface area (Å²) in [7, 11) is 0. The molecule has 0 aliphatic heterocycles. The average Bonchev–Trinajstić information content (AvgIpc) is 1.96. The Bertz CT molecular complexity index is 306. The van der Waals surface area contributed by atoms with E-state index in [1.807, 2.05) is 0 Å². The van der Waals surface area contributed by atoms with Crippen molar-refractivity contribution >= 4 is 44.3 Å². The molecule has 66 valence electrons. The van der Waals surface area contributed by atoms with Crippen molar-refractivity contribution in [2.24, 2.45) is 0 Å². The van der Waals surface area contributed by atoms with Crippen LogP contribution in [0.3, 0.4) is 0 Å². The number of halogens is 4. The molecular formula is C6H4BrF2IN2. The molecule has 0 unspecified atom stereocenters. The smallest absolute Gasteiger partial charge is 0.265 e. The van der Waals surface area contributed by atoms with E-state index in [2.05, 4.69) is 20.9 Å². The Kier molecular flexibility index (Phi) is 3.22. The molecule has 1 aromatic rings. The van der Waals surface area contributed by atoms with Crippen LogP contribution in [0.25, 0.3) is 0 Å². The third-order valence-electron chi connectivity index (χ3n) is 1.20. The Hall–Kier alpha value is 0.0200. The van der Waals surface area contributed by atoms with Gasteiger partial charge in [0.15, 0.2) is 0 Å². The van der Waals surface area contributed by atoms with Gasteiger partial charge >= 0.3 is 0 Å². The average molecular weight is 349 g/mol. The number of hydrogen-bond donors (Lipinski definition) is 1. The Morgan fingerprint density at radius 3 is 2.67 bits per heavy atom. The molecule has 0 atom stereocenters. The number of aromatic nitrogens is 1. The summed E-state index contributed by atoms with van der Waals surface area (Å²) in [5, 5.41) is 0. The minimum Gasteiger partial charge on any atom is -0.384 e. The van der Waals surface area contributed by atoms with E-state index in [1.165, 1.54) is 6.07 Å². The van der Waals surface area contributed by atoms with E-state index in [4.69, 9.17) is 5.73 Å². The molecule has 0 aromatic carbocycles. The minimum absolute atomic E-state index is 0.0880. The van der Waals surface area contributed by atoms with E-state index in [9.17, 15) is 8.78 Å². The van der Waals surface area contributed by atoms with Gasteiger partial charge in [0.2, 0.25) is 0 Å². The van der Waals surface area contributed by atoms with Gasteiger partial charge in [0.05, 0.1) is 3.57 Å². The molecule has 2 N–H and O–H groups in total. The molecule has 1 rings (SSSR count). The number of nitrogens with two attached hydrogens (primary N) is 1. The lowest BCUT2D eigenvalue weighted by molar-refractivity contribution is 0.150. The topological polar surface area (TPSA) is 38.9 Å². The predicted molar refractivity (Wildman–Crippen MR) is 54.0 cm³/mol. The van der Waals surface area contributed by atoms with Crippen LogP contribution in [0.2, 0.25) is 0 Å². The summed E-state index contributed by atoms with van der Waals surface area (Å²) < 4.78 is 25.3. The van der Waals surface area contributed by atoms with Crippen LogP contribution in [-0.2, 0) is 0 Å². The van der Waals surface area contributed by atoms with Crippen LogP contribution in [0.5, 0.6) is 0 Å². The summed E-state index contributed by atoms with van der Waals surface area (Å²) in [6.45, 7) is 0. The molecule has 0 aliphatic rings. The van der Waals surface area contributed by atoms with Gasteiger partial charge in [-0.1, -0.05) is 0 Å². The fourth-order valence-corrected chi connectivity index (χ4v) is 1.64. The monoisotopic (exact) mass is 348 g/mol. The predicted octanol–water partition coefficient (Wildman–Crippen LogP) is 2.97. The summed E-state index contributed by atoms with van der Waals surface area (Å²) in [5.41, 5.74) is 5.20. The zero-order valence-corrected chi connectivity index (χ0v) is 9.43. The van der Waals surface area contributed by atoms with Gasteiger partial charge in [0.25, 0.3) is 6.43 Å². The quantitative estimate of drug-likeness (QED) is 0.626. The van der Waals surface area contributed by atoms with Crippen molar-refractivity contribution in [3.8, 4) is 0 Å². The summed E-state index contributed by atoms with van der Waals surface area (Å²) in [6.07, 6.45) is -2.52. The van der Waals surface area contributed by atoms with Crippen molar-refractivity contribution in [2.45, 2.75) is 6.43 Å². The first-order valence-corrected chi connectivity index (χ1v) is 4.79. The molecule has 0 aliphatic carbocycles. The molecule has 6 heteroatoms. The van der Waals surface area contributed by atoms with Gasteiger partial charge in [-0.3, -0.25) is 0 Å². The molecule has 0 radical (unpaired) electrons. The maximum atomic E-state index is 12.3. The highest BCUT2D eigenvalue weighted by Gasteiger charge is 2.15. The van der Waals surface area contributed by atoms with Gasteiger partial charge in [0, 0.05) is 5.56 Å². The molecule has 0 fully saturated rings. The molecule has 1 heterocycles. The molecule has 0 amide bonds. The highest BCUT2D eigenvalue weighted by atomic mass is 127. The van der Waals surface area contributed by atoms with E-state index in [0.717, 1.165) is 0 Å². The maximum absolute atomic E-state index is 12.3. The maximum Gasteiger partial charge on any atom is 0.265 e. The van der Waals surface area contributed by atoms with Crippen LogP contribution in [-0.4, -0.2) is 4.98 Å². The highest BCUT2D eigenvalue weighted by Crippen LogP contribution is 2.29. The van der Waals surface area contributed by atoms with Crippen LogP contribution in [0.1, 0.15) is 12.0 Å². The molecule has 0 bridgehead atoms. The van der Waals surface area contributed by atoms with E-state index in [0.29, 0.717) is 8.17 Å². The van der Waals surface area contributed by atoms with Gasteiger partial charge < -0.3 is 5.73 Å². The van der Waals surface area contributed by atoms with Crippen LogP contribution in [0.4, 0.5) is 14.6 Å². The number of anilines is 1. The van der Waals surface area contributed by atoms with E-state index in [1.54, 1.807) is 22.6 Å². The second kappa shape index (κ2) is 3.82. The van der Waals surface area contributed by atoms with Crippen LogP contribution >= 0.6 is 38.5 Å². The number of nitrogen functional groups attached to an aromatic ring is 1. The van der Waals surface area contributed by atoms with Gasteiger partial charge in [-0.25, -0.2) is 13.8 Å². The first-order chi connectivity index (χ1) is 5.52. The van der Waals surface area contributed by atoms with Crippen molar-refractivity contribution in [3.05, 3.63) is 19.8 Å². The lowest BCUT2D eigenvalue weighted by Crippen LogP contribution is -1.98. The zero-order chi connectivity index (χ0) is 9.30. The van der Waals surface area contributed by atoms with Gasteiger partial charge in [-0.2, -0.15) is 0 Å². The summed E-state index contributed by atoms with van der Waals surface area (Å²) in [5.74, 6) is 0.0950. The van der Waals surface area contributed by atoms with E-state index < -0.39 is 6.43 Å². The Morgan fingerprint density at radius 1 is 1.58 bits per heavy atom. The summed E-state index contributed by atoms with van der Waals surface area (Å²) >= 11 is 4.83. The Labute approximate surface area is 89.8 Å². The third kappa shape index (κ3) is 2.03. The second-order valence-corrected chi connectivity index (χ2v) is 3.87. The van der Waals surface area contributed by atoms with Gasteiger partial charge in [0.1, 0.15) is 10.4 Å². The number of pyridine rings is 1. The fraction of sp³-hybridized carbons (Fsp3) is 0.167. The molecule has 0 spiro atoms. The molecular weight excluding hydrogens is 345 g/mol. The molecule has 2 nitrogen and oxygen atoms in total. The fourth-order valence-electron chi connectivity index (χ4n) is 0.695. The first-order valence-electron chi connectivity index (χ1n) is 2.92. The van der Waals surface area contributed by atoms with Crippen LogP contribution in [0.15, 0.2) is 10.7 Å². The Morgan fingerprint density at radius 2 is 2.17 bits per heavy atom. The lowest BCUT2D eigenvalue weighted by Gasteiger charge is -2.05. The van der Waals surface area contributed by atoms with Crippen molar-refractivity contribution in [3.63, 3.8) is 0 Å². The number of rotatable bonds is 1. The largest absolute Gasteiger partial charge is 0.384 e.